The Labute approximate surface area is 152 Å². The highest BCUT2D eigenvalue weighted by atomic mass is 16.5. The van der Waals surface area contributed by atoms with Crippen LogP contribution in [0.1, 0.15) is 18.1 Å². The van der Waals surface area contributed by atoms with Crippen LogP contribution in [0.5, 0.6) is 11.5 Å². The lowest BCUT2D eigenvalue weighted by atomic mass is 10.2. The molecular formula is C20H21NO5. The first-order valence-corrected chi connectivity index (χ1v) is 8.15. The van der Waals surface area contributed by atoms with Crippen molar-refractivity contribution >= 4 is 23.6 Å². The Morgan fingerprint density at radius 2 is 1.81 bits per heavy atom. The highest BCUT2D eigenvalue weighted by Gasteiger charge is 2.09. The summed E-state index contributed by atoms with van der Waals surface area (Å²) in [4.78, 5) is 22.6. The zero-order valence-corrected chi connectivity index (χ0v) is 14.7. The maximum Gasteiger partial charge on any atom is 0.328 e. The van der Waals surface area contributed by atoms with Crippen LogP contribution >= 0.6 is 0 Å². The van der Waals surface area contributed by atoms with E-state index < -0.39 is 5.97 Å². The first-order valence-electron chi connectivity index (χ1n) is 8.15. The Hall–Kier alpha value is -3.28. The Kier molecular flexibility index (Phi) is 6.79. The van der Waals surface area contributed by atoms with E-state index in [0.717, 1.165) is 11.6 Å². The molecule has 26 heavy (non-hydrogen) atoms. The predicted octanol–water partition coefficient (Wildman–Crippen LogP) is 3.51. The summed E-state index contributed by atoms with van der Waals surface area (Å²) in [5.41, 5.74) is 2.47. The van der Waals surface area contributed by atoms with E-state index in [4.69, 9.17) is 14.6 Å². The van der Waals surface area contributed by atoms with Crippen LogP contribution in [0.4, 0.5) is 5.69 Å². The number of aryl methyl sites for hydroxylation is 1. The lowest BCUT2D eigenvalue weighted by Gasteiger charge is -2.13. The van der Waals surface area contributed by atoms with Gasteiger partial charge in [0.05, 0.1) is 6.61 Å². The van der Waals surface area contributed by atoms with Gasteiger partial charge in [0.2, 0.25) is 0 Å². The van der Waals surface area contributed by atoms with Crippen molar-refractivity contribution in [3.8, 4) is 11.5 Å². The number of carbonyl (C=O) groups excluding carboxylic acids is 1. The topological polar surface area (TPSA) is 84.9 Å². The number of hydrogen-bond acceptors (Lipinski definition) is 4. The molecule has 0 atom stereocenters. The van der Waals surface area contributed by atoms with Gasteiger partial charge in [-0.05, 0) is 49.8 Å². The van der Waals surface area contributed by atoms with Crippen LogP contribution in [0.25, 0.3) is 6.08 Å². The maximum atomic E-state index is 12.0. The number of carboxylic acids is 1. The minimum absolute atomic E-state index is 0.168. The molecule has 0 aliphatic carbocycles. The van der Waals surface area contributed by atoms with Crippen LogP contribution in [-0.4, -0.2) is 30.2 Å². The standard InChI is InChI=1S/C20H21NO5/c1-3-25-18-12-15(7-11-20(23)24)6-10-17(18)26-13-19(22)21-16-8-4-14(2)5-9-16/h4-12H,3,13H2,1-2H3,(H,21,22)(H,23,24)/b11-7+. The van der Waals surface area contributed by atoms with Gasteiger partial charge in [0, 0.05) is 11.8 Å². The van der Waals surface area contributed by atoms with Gasteiger partial charge >= 0.3 is 5.97 Å². The van der Waals surface area contributed by atoms with Crippen molar-refractivity contribution in [3.63, 3.8) is 0 Å². The zero-order valence-electron chi connectivity index (χ0n) is 14.7. The fourth-order valence-electron chi connectivity index (χ4n) is 2.16. The van der Waals surface area contributed by atoms with E-state index in [1.807, 2.05) is 38.1 Å². The number of carbonyl (C=O) groups is 2. The van der Waals surface area contributed by atoms with Crippen molar-refractivity contribution in [1.29, 1.82) is 0 Å². The molecule has 2 aromatic rings. The molecule has 0 spiro atoms. The minimum Gasteiger partial charge on any atom is -0.490 e. The van der Waals surface area contributed by atoms with Gasteiger partial charge in [0.25, 0.3) is 5.91 Å². The van der Waals surface area contributed by atoms with Crippen molar-refractivity contribution < 1.29 is 24.2 Å². The number of hydrogen-bond donors (Lipinski definition) is 2. The third-order valence-electron chi connectivity index (χ3n) is 3.38. The quantitative estimate of drug-likeness (QED) is 0.708. The monoisotopic (exact) mass is 355 g/mol. The van der Waals surface area contributed by atoms with Gasteiger partial charge < -0.3 is 19.9 Å². The summed E-state index contributed by atoms with van der Waals surface area (Å²) in [7, 11) is 0. The second-order valence-corrected chi connectivity index (χ2v) is 5.51. The molecule has 136 valence electrons. The van der Waals surface area contributed by atoms with Crippen molar-refractivity contribution in [2.24, 2.45) is 0 Å². The molecule has 0 saturated carbocycles. The van der Waals surface area contributed by atoms with Gasteiger partial charge in [-0.1, -0.05) is 23.8 Å². The summed E-state index contributed by atoms with van der Waals surface area (Å²) in [6.45, 7) is 4.04. The predicted molar refractivity (Wildman–Crippen MR) is 99.6 cm³/mol. The van der Waals surface area contributed by atoms with Crippen LogP contribution < -0.4 is 14.8 Å². The molecule has 0 aromatic heterocycles. The molecule has 2 rings (SSSR count). The number of nitrogens with one attached hydrogen (secondary N) is 1. The number of benzene rings is 2. The summed E-state index contributed by atoms with van der Waals surface area (Å²) in [6.07, 6.45) is 2.50. The van der Waals surface area contributed by atoms with Crippen LogP contribution in [0, 0.1) is 6.92 Å². The van der Waals surface area contributed by atoms with Gasteiger partial charge in [-0.3, -0.25) is 4.79 Å². The van der Waals surface area contributed by atoms with Crippen molar-refractivity contribution in [2.75, 3.05) is 18.5 Å². The number of rotatable bonds is 8. The average molecular weight is 355 g/mol. The van der Waals surface area contributed by atoms with Gasteiger partial charge in [-0.25, -0.2) is 4.79 Å². The molecular weight excluding hydrogens is 334 g/mol. The first-order chi connectivity index (χ1) is 12.5. The Balaban J connectivity index is 2.01. The van der Waals surface area contributed by atoms with Crippen LogP contribution in [0.15, 0.2) is 48.5 Å². The van der Waals surface area contributed by atoms with Crippen LogP contribution in [-0.2, 0) is 9.59 Å². The highest BCUT2D eigenvalue weighted by molar-refractivity contribution is 5.92. The fourth-order valence-corrected chi connectivity index (χ4v) is 2.16. The molecule has 6 nitrogen and oxygen atoms in total. The molecule has 0 fully saturated rings. The lowest BCUT2D eigenvalue weighted by molar-refractivity contribution is -0.131. The van der Waals surface area contributed by atoms with E-state index in [2.05, 4.69) is 5.32 Å². The molecule has 0 radical (unpaired) electrons. The molecule has 0 aliphatic rings. The van der Waals surface area contributed by atoms with E-state index in [0.29, 0.717) is 29.4 Å². The Morgan fingerprint density at radius 1 is 1.08 bits per heavy atom. The zero-order chi connectivity index (χ0) is 18.9. The summed E-state index contributed by atoms with van der Waals surface area (Å²) >= 11 is 0. The molecule has 0 heterocycles. The third kappa shape index (κ3) is 5.98. The van der Waals surface area contributed by atoms with E-state index >= 15 is 0 Å². The van der Waals surface area contributed by atoms with E-state index in [1.54, 1.807) is 18.2 Å². The van der Waals surface area contributed by atoms with Gasteiger partial charge in [0.1, 0.15) is 0 Å². The molecule has 0 unspecified atom stereocenters. The van der Waals surface area contributed by atoms with Crippen LogP contribution in [0.2, 0.25) is 0 Å². The second kappa shape index (κ2) is 9.27. The molecule has 6 heteroatoms. The summed E-state index contributed by atoms with van der Waals surface area (Å²) < 4.78 is 11.1. The maximum absolute atomic E-state index is 12.0. The largest absolute Gasteiger partial charge is 0.490 e. The van der Waals surface area contributed by atoms with Gasteiger partial charge in [-0.2, -0.15) is 0 Å². The van der Waals surface area contributed by atoms with Gasteiger partial charge in [-0.15, -0.1) is 0 Å². The molecule has 1 amide bonds. The van der Waals surface area contributed by atoms with Crippen molar-refractivity contribution in [3.05, 3.63) is 59.7 Å². The molecule has 0 saturated heterocycles. The van der Waals surface area contributed by atoms with Crippen LogP contribution in [0.3, 0.4) is 0 Å². The molecule has 0 bridgehead atoms. The number of anilines is 1. The SMILES string of the molecule is CCOc1cc(/C=C/C(=O)O)ccc1OCC(=O)Nc1ccc(C)cc1. The molecule has 0 aliphatic heterocycles. The van der Waals surface area contributed by atoms with E-state index in [9.17, 15) is 9.59 Å². The van der Waals surface area contributed by atoms with Crippen molar-refractivity contribution in [1.82, 2.24) is 0 Å². The summed E-state index contributed by atoms with van der Waals surface area (Å²) in [5, 5.41) is 11.5. The van der Waals surface area contributed by atoms with E-state index in [-0.39, 0.29) is 12.5 Å². The molecule has 2 aromatic carbocycles. The van der Waals surface area contributed by atoms with Crippen molar-refractivity contribution in [2.45, 2.75) is 13.8 Å². The lowest BCUT2D eigenvalue weighted by Crippen LogP contribution is -2.20. The first kappa shape index (κ1) is 19.1. The van der Waals surface area contributed by atoms with Gasteiger partial charge in [0.15, 0.2) is 18.1 Å². The third-order valence-corrected chi connectivity index (χ3v) is 3.38. The molecule has 2 N–H and O–H groups in total. The Morgan fingerprint density at radius 3 is 2.46 bits per heavy atom. The summed E-state index contributed by atoms with van der Waals surface area (Å²) in [5.74, 6) is -0.455. The number of amides is 1. The second-order valence-electron chi connectivity index (χ2n) is 5.51. The summed E-state index contributed by atoms with van der Waals surface area (Å²) in [6, 6.07) is 12.5. The van der Waals surface area contributed by atoms with E-state index in [1.165, 1.54) is 6.08 Å². The smallest absolute Gasteiger partial charge is 0.328 e. The number of carboxylic acid groups (broad SMARTS) is 1. The minimum atomic E-state index is -1.03. The fraction of sp³-hybridized carbons (Fsp3) is 0.200. The normalized spacial score (nSPS) is 10.5. The average Bonchev–Trinajstić information content (AvgIpc) is 2.61. The number of aliphatic carboxylic acids is 1. The highest BCUT2D eigenvalue weighted by Crippen LogP contribution is 2.29. The Bertz CT molecular complexity index is 796. The number of ether oxygens (including phenoxy) is 2.